The molecule has 0 radical (unpaired) electrons. The van der Waals surface area contributed by atoms with Gasteiger partial charge in [-0.25, -0.2) is 4.68 Å². The summed E-state index contributed by atoms with van der Waals surface area (Å²) in [6.07, 6.45) is 3.51. The topological polar surface area (TPSA) is 105 Å². The van der Waals surface area contributed by atoms with Crippen molar-refractivity contribution in [3.05, 3.63) is 72.6 Å². The third-order valence-electron chi connectivity index (χ3n) is 4.13. The van der Waals surface area contributed by atoms with E-state index in [2.05, 4.69) is 21.0 Å². The van der Waals surface area contributed by atoms with Crippen molar-refractivity contribution in [1.29, 1.82) is 0 Å². The lowest BCUT2D eigenvalue weighted by Crippen LogP contribution is -2.34. The van der Waals surface area contributed by atoms with Gasteiger partial charge in [0.05, 0.1) is 23.7 Å². The van der Waals surface area contributed by atoms with Crippen LogP contribution in [-0.2, 0) is 14.4 Å². The maximum atomic E-state index is 12.0. The summed E-state index contributed by atoms with van der Waals surface area (Å²) in [7, 11) is 0. The summed E-state index contributed by atoms with van der Waals surface area (Å²) in [5.41, 5.74) is 3.28. The van der Waals surface area contributed by atoms with Crippen LogP contribution in [0.5, 0.6) is 0 Å². The van der Waals surface area contributed by atoms with Crippen LogP contribution in [0.4, 0.5) is 11.4 Å². The highest BCUT2D eigenvalue weighted by molar-refractivity contribution is 8.00. The zero-order chi connectivity index (χ0) is 22.1. The third kappa shape index (κ3) is 7.31. The number of hydrogen-bond acceptors (Lipinski definition) is 5. The zero-order valence-electron chi connectivity index (χ0n) is 17.0. The van der Waals surface area contributed by atoms with Gasteiger partial charge in [-0.1, -0.05) is 12.1 Å². The largest absolute Gasteiger partial charge is 0.346 e. The van der Waals surface area contributed by atoms with Crippen molar-refractivity contribution in [2.45, 2.75) is 6.92 Å². The predicted molar refractivity (Wildman–Crippen MR) is 122 cm³/mol. The summed E-state index contributed by atoms with van der Waals surface area (Å²) in [6, 6.07) is 16.5. The van der Waals surface area contributed by atoms with Gasteiger partial charge in [-0.05, 0) is 55.0 Å². The number of thioether (sulfide) groups is 1. The molecule has 0 unspecified atom stereocenters. The lowest BCUT2D eigenvalue weighted by atomic mass is 10.2. The molecule has 8 nitrogen and oxygen atoms in total. The minimum Gasteiger partial charge on any atom is -0.346 e. The van der Waals surface area contributed by atoms with Crippen molar-refractivity contribution >= 4 is 40.9 Å². The van der Waals surface area contributed by atoms with E-state index >= 15 is 0 Å². The van der Waals surface area contributed by atoms with Crippen LogP contribution in [0.1, 0.15) is 5.56 Å². The van der Waals surface area contributed by atoms with E-state index in [9.17, 15) is 14.4 Å². The summed E-state index contributed by atoms with van der Waals surface area (Å²) < 4.78 is 1.71. The molecule has 0 saturated heterocycles. The van der Waals surface area contributed by atoms with Gasteiger partial charge in [-0.15, -0.1) is 11.8 Å². The summed E-state index contributed by atoms with van der Waals surface area (Å²) in [4.78, 5) is 35.9. The van der Waals surface area contributed by atoms with Crippen molar-refractivity contribution < 1.29 is 14.4 Å². The summed E-state index contributed by atoms with van der Waals surface area (Å²) in [5.74, 6) is -0.580. The first-order valence-corrected chi connectivity index (χ1v) is 10.8. The number of hydrogen-bond donors (Lipinski definition) is 3. The summed E-state index contributed by atoms with van der Waals surface area (Å²) in [6.45, 7) is 1.80. The molecule has 9 heteroatoms. The Balaban J connectivity index is 1.32. The fraction of sp³-hybridized carbons (Fsp3) is 0.182. The van der Waals surface area contributed by atoms with Gasteiger partial charge < -0.3 is 16.0 Å². The number of nitrogens with one attached hydrogen (secondary N) is 3. The average Bonchev–Trinajstić information content (AvgIpc) is 3.28. The van der Waals surface area contributed by atoms with E-state index in [0.29, 0.717) is 5.69 Å². The van der Waals surface area contributed by atoms with Crippen molar-refractivity contribution in [2.24, 2.45) is 0 Å². The molecule has 3 N–H and O–H groups in total. The van der Waals surface area contributed by atoms with Gasteiger partial charge in [-0.3, -0.25) is 14.4 Å². The van der Waals surface area contributed by atoms with Crippen molar-refractivity contribution in [2.75, 3.05) is 28.7 Å². The Bertz CT molecular complexity index is 1040. The molecule has 0 aliphatic carbocycles. The quantitative estimate of drug-likeness (QED) is 0.477. The lowest BCUT2D eigenvalue weighted by Gasteiger charge is -2.08. The Morgan fingerprint density at radius 2 is 1.65 bits per heavy atom. The minimum atomic E-state index is -0.331. The predicted octanol–water partition coefficient (Wildman–Crippen LogP) is 2.61. The Hall–Kier alpha value is -3.59. The molecule has 0 aliphatic rings. The molecule has 0 spiro atoms. The molecule has 31 heavy (non-hydrogen) atoms. The number of carbonyl (C=O) groups excluding carboxylic acids is 3. The molecule has 0 aliphatic heterocycles. The molecule has 3 aromatic rings. The maximum Gasteiger partial charge on any atom is 0.243 e. The second-order valence-electron chi connectivity index (χ2n) is 6.73. The molecular weight excluding hydrogens is 414 g/mol. The van der Waals surface area contributed by atoms with Gasteiger partial charge in [0, 0.05) is 23.8 Å². The molecule has 1 aromatic heterocycles. The fourth-order valence-corrected chi connectivity index (χ4v) is 3.36. The van der Waals surface area contributed by atoms with Crippen LogP contribution < -0.4 is 16.0 Å². The number of aryl methyl sites for hydroxylation is 1. The third-order valence-corrected chi connectivity index (χ3v) is 5.07. The molecule has 0 atom stereocenters. The number of rotatable bonds is 9. The van der Waals surface area contributed by atoms with Crippen LogP contribution in [0.3, 0.4) is 0 Å². The van der Waals surface area contributed by atoms with E-state index in [4.69, 9.17) is 0 Å². The van der Waals surface area contributed by atoms with Crippen molar-refractivity contribution in [3.63, 3.8) is 0 Å². The van der Waals surface area contributed by atoms with Crippen LogP contribution in [0, 0.1) is 6.92 Å². The van der Waals surface area contributed by atoms with E-state index in [-0.39, 0.29) is 35.8 Å². The minimum absolute atomic E-state index is 0.0904. The van der Waals surface area contributed by atoms with Crippen LogP contribution in [0.25, 0.3) is 5.69 Å². The molecule has 2 aromatic carbocycles. The second-order valence-corrected chi connectivity index (χ2v) is 7.72. The summed E-state index contributed by atoms with van der Waals surface area (Å²) in [5, 5.41) is 12.2. The number of anilines is 2. The highest BCUT2D eigenvalue weighted by Gasteiger charge is 2.09. The molecular formula is C22H23N5O3S. The molecule has 1 heterocycles. The molecule has 3 rings (SSSR count). The highest BCUT2D eigenvalue weighted by atomic mass is 32.2. The molecule has 3 amide bonds. The maximum absolute atomic E-state index is 12.0. The first-order chi connectivity index (χ1) is 15.0. The van der Waals surface area contributed by atoms with Crippen molar-refractivity contribution in [3.8, 4) is 5.69 Å². The van der Waals surface area contributed by atoms with Gasteiger partial charge >= 0.3 is 0 Å². The zero-order valence-corrected chi connectivity index (χ0v) is 17.8. The molecule has 0 bridgehead atoms. The Morgan fingerprint density at radius 3 is 2.35 bits per heavy atom. The van der Waals surface area contributed by atoms with E-state index in [1.165, 1.54) is 11.8 Å². The SMILES string of the molecule is Cc1cccc(NC(=O)CSCC(=O)NCC(=O)Nc2ccc(-n3cccn3)cc2)c1. The van der Waals surface area contributed by atoms with Gasteiger partial charge in [0.25, 0.3) is 0 Å². The number of amides is 3. The number of benzene rings is 2. The first kappa shape index (κ1) is 22.1. The van der Waals surface area contributed by atoms with E-state index < -0.39 is 0 Å². The smallest absolute Gasteiger partial charge is 0.243 e. The number of aromatic nitrogens is 2. The van der Waals surface area contributed by atoms with E-state index in [0.717, 1.165) is 16.9 Å². The van der Waals surface area contributed by atoms with Crippen LogP contribution >= 0.6 is 11.8 Å². The number of nitrogens with zero attached hydrogens (tertiary/aromatic N) is 2. The standard InChI is InChI=1S/C22H23N5O3S/c1-16-4-2-5-18(12-16)26-22(30)15-31-14-21(29)23-13-20(28)25-17-6-8-19(9-7-17)27-11-3-10-24-27/h2-12H,13-15H2,1H3,(H,23,29)(H,25,28)(H,26,30). The van der Waals surface area contributed by atoms with Crippen molar-refractivity contribution in [1.82, 2.24) is 15.1 Å². The summed E-state index contributed by atoms with van der Waals surface area (Å²) >= 11 is 1.18. The van der Waals surface area contributed by atoms with Crippen LogP contribution in [0.15, 0.2) is 67.0 Å². The number of carbonyl (C=O) groups is 3. The lowest BCUT2D eigenvalue weighted by molar-refractivity contribution is -0.122. The normalized spacial score (nSPS) is 10.4. The molecule has 0 fully saturated rings. The monoisotopic (exact) mass is 437 g/mol. The molecule has 0 saturated carbocycles. The Labute approximate surface area is 184 Å². The van der Waals surface area contributed by atoms with Gasteiger partial charge in [0.15, 0.2) is 0 Å². The molecule has 160 valence electrons. The van der Waals surface area contributed by atoms with Gasteiger partial charge in [0.1, 0.15) is 0 Å². The van der Waals surface area contributed by atoms with E-state index in [1.54, 1.807) is 23.0 Å². The highest BCUT2D eigenvalue weighted by Crippen LogP contribution is 2.12. The average molecular weight is 438 g/mol. The fourth-order valence-electron chi connectivity index (χ4n) is 2.71. The van der Waals surface area contributed by atoms with E-state index in [1.807, 2.05) is 55.6 Å². The Kier molecular flexibility index (Phi) is 7.83. The second kappa shape index (κ2) is 11.0. The van der Waals surface area contributed by atoms with Crippen LogP contribution in [-0.4, -0.2) is 45.6 Å². The Morgan fingerprint density at radius 1 is 0.903 bits per heavy atom. The van der Waals surface area contributed by atoms with Crippen LogP contribution in [0.2, 0.25) is 0 Å². The van der Waals surface area contributed by atoms with Gasteiger partial charge in [0.2, 0.25) is 17.7 Å². The van der Waals surface area contributed by atoms with Gasteiger partial charge in [-0.2, -0.15) is 5.10 Å². The first-order valence-electron chi connectivity index (χ1n) is 9.60.